The Hall–Kier alpha value is -2.67. The van der Waals surface area contributed by atoms with Crippen LogP contribution < -0.4 is 5.32 Å². The van der Waals surface area contributed by atoms with Crippen molar-refractivity contribution >= 4 is 17.6 Å². The van der Waals surface area contributed by atoms with Crippen LogP contribution in [0.4, 0.5) is 5.69 Å². The average molecular weight is 344 g/mol. The number of anilines is 1. The summed E-state index contributed by atoms with van der Waals surface area (Å²) in [6.45, 7) is 5.71. The minimum atomic E-state index is -0.904. The van der Waals surface area contributed by atoms with Crippen molar-refractivity contribution in [1.29, 1.82) is 0 Å². The number of nitrogens with zero attached hydrogens (tertiary/aromatic N) is 3. The van der Waals surface area contributed by atoms with Crippen LogP contribution >= 0.6 is 0 Å². The topological polar surface area (TPSA) is 87.5 Å². The van der Waals surface area contributed by atoms with Gasteiger partial charge >= 0.3 is 5.97 Å². The van der Waals surface area contributed by atoms with Gasteiger partial charge in [0.1, 0.15) is 6.04 Å². The maximum absolute atomic E-state index is 12.2. The lowest BCUT2D eigenvalue weighted by molar-refractivity contribution is -0.142. The van der Waals surface area contributed by atoms with Crippen LogP contribution in [0.15, 0.2) is 30.3 Å². The van der Waals surface area contributed by atoms with Crippen LogP contribution in [0.2, 0.25) is 0 Å². The van der Waals surface area contributed by atoms with E-state index >= 15 is 0 Å². The summed E-state index contributed by atoms with van der Waals surface area (Å²) >= 11 is 0. The molecule has 25 heavy (non-hydrogen) atoms. The molecule has 1 amide bonds. The fraction of sp³-hybridized carbons (Fsp3) is 0.389. The first-order chi connectivity index (χ1) is 11.8. The molecule has 1 aromatic carbocycles. The van der Waals surface area contributed by atoms with E-state index in [0.29, 0.717) is 12.2 Å². The van der Waals surface area contributed by atoms with E-state index in [1.165, 1.54) is 0 Å². The molecule has 0 aliphatic heterocycles. The number of hydrogen-bond donors (Lipinski definition) is 2. The molecule has 1 unspecified atom stereocenters. The number of likely N-dealkylation sites (N-methyl/N-ethyl adjacent to an activating group) is 1. The fourth-order valence-corrected chi connectivity index (χ4v) is 2.51. The van der Waals surface area contributed by atoms with Crippen LogP contribution in [0, 0.1) is 13.8 Å². The van der Waals surface area contributed by atoms with E-state index in [1.807, 2.05) is 44.2 Å². The standard InChI is InChI=1S/C18H24N4O3/c1-12-17(13(2)22(20-12)15-8-6-5-7-9-15)19-16(23)10-11-21(4)14(3)18(24)25/h5-9,14H,10-11H2,1-4H3,(H,19,23)(H,24,25). The Bertz CT molecular complexity index is 755. The Morgan fingerprint density at radius 3 is 2.52 bits per heavy atom. The number of para-hydroxylation sites is 1. The molecule has 0 aliphatic rings. The van der Waals surface area contributed by atoms with Crippen molar-refractivity contribution in [2.24, 2.45) is 0 Å². The second-order valence-corrected chi connectivity index (χ2v) is 6.09. The molecule has 2 N–H and O–H groups in total. The minimum absolute atomic E-state index is 0.164. The maximum Gasteiger partial charge on any atom is 0.320 e. The van der Waals surface area contributed by atoms with Crippen molar-refractivity contribution in [2.45, 2.75) is 33.2 Å². The van der Waals surface area contributed by atoms with Gasteiger partial charge in [0.25, 0.3) is 0 Å². The van der Waals surface area contributed by atoms with Crippen molar-refractivity contribution in [2.75, 3.05) is 18.9 Å². The molecule has 134 valence electrons. The van der Waals surface area contributed by atoms with Gasteiger partial charge in [-0.15, -0.1) is 0 Å². The lowest BCUT2D eigenvalue weighted by Crippen LogP contribution is -2.37. The molecule has 0 aliphatic carbocycles. The Balaban J connectivity index is 2.04. The third-order valence-corrected chi connectivity index (χ3v) is 4.27. The Morgan fingerprint density at radius 1 is 1.28 bits per heavy atom. The van der Waals surface area contributed by atoms with Gasteiger partial charge in [-0.1, -0.05) is 18.2 Å². The number of aliphatic carboxylic acids is 1. The minimum Gasteiger partial charge on any atom is -0.480 e. The van der Waals surface area contributed by atoms with Crippen molar-refractivity contribution in [3.05, 3.63) is 41.7 Å². The molecule has 0 bridgehead atoms. The SMILES string of the molecule is Cc1nn(-c2ccccc2)c(C)c1NC(=O)CCN(C)C(C)C(=O)O. The Labute approximate surface area is 147 Å². The van der Waals surface area contributed by atoms with Crippen LogP contribution in [0.3, 0.4) is 0 Å². The molecule has 1 heterocycles. The van der Waals surface area contributed by atoms with Crippen LogP contribution in [0.25, 0.3) is 5.69 Å². The van der Waals surface area contributed by atoms with E-state index in [-0.39, 0.29) is 12.3 Å². The van der Waals surface area contributed by atoms with Gasteiger partial charge in [-0.25, -0.2) is 4.68 Å². The zero-order valence-electron chi connectivity index (χ0n) is 15.0. The molecular formula is C18H24N4O3. The van der Waals surface area contributed by atoms with Gasteiger partial charge in [-0.2, -0.15) is 5.10 Å². The number of hydrogen-bond acceptors (Lipinski definition) is 4. The highest BCUT2D eigenvalue weighted by atomic mass is 16.4. The highest BCUT2D eigenvalue weighted by Crippen LogP contribution is 2.22. The molecule has 2 aromatic rings. The average Bonchev–Trinajstić information content (AvgIpc) is 2.87. The first-order valence-corrected chi connectivity index (χ1v) is 8.15. The summed E-state index contributed by atoms with van der Waals surface area (Å²) in [5, 5.41) is 16.4. The molecule has 7 nitrogen and oxygen atoms in total. The third-order valence-electron chi connectivity index (χ3n) is 4.27. The van der Waals surface area contributed by atoms with Gasteiger partial charge in [-0.05, 0) is 40.0 Å². The number of carbonyl (C=O) groups is 2. The van der Waals surface area contributed by atoms with E-state index in [1.54, 1.807) is 23.6 Å². The first-order valence-electron chi connectivity index (χ1n) is 8.15. The molecule has 7 heteroatoms. The number of amides is 1. The van der Waals surface area contributed by atoms with Gasteiger partial charge in [0.15, 0.2) is 0 Å². The van der Waals surface area contributed by atoms with Crippen molar-refractivity contribution < 1.29 is 14.7 Å². The van der Waals surface area contributed by atoms with Gasteiger partial charge in [0, 0.05) is 13.0 Å². The molecule has 2 rings (SSSR count). The van der Waals surface area contributed by atoms with Crippen molar-refractivity contribution in [3.8, 4) is 5.69 Å². The van der Waals surface area contributed by atoms with Crippen LogP contribution in [-0.2, 0) is 9.59 Å². The Morgan fingerprint density at radius 2 is 1.92 bits per heavy atom. The molecular weight excluding hydrogens is 320 g/mol. The van der Waals surface area contributed by atoms with E-state index in [0.717, 1.165) is 17.1 Å². The summed E-state index contributed by atoms with van der Waals surface area (Å²) in [5.41, 5.74) is 3.22. The number of carbonyl (C=O) groups excluding carboxylic acids is 1. The zero-order valence-corrected chi connectivity index (χ0v) is 15.0. The monoisotopic (exact) mass is 344 g/mol. The molecule has 0 saturated heterocycles. The highest BCUT2D eigenvalue weighted by molar-refractivity contribution is 5.92. The predicted octanol–water partition coefficient (Wildman–Crippen LogP) is 2.22. The van der Waals surface area contributed by atoms with Crippen molar-refractivity contribution in [1.82, 2.24) is 14.7 Å². The molecule has 0 radical (unpaired) electrons. The van der Waals surface area contributed by atoms with Gasteiger partial charge < -0.3 is 10.4 Å². The van der Waals surface area contributed by atoms with Gasteiger partial charge in [0.2, 0.25) is 5.91 Å². The fourth-order valence-electron chi connectivity index (χ4n) is 2.51. The number of nitrogens with one attached hydrogen (secondary N) is 1. The number of carboxylic acids is 1. The largest absolute Gasteiger partial charge is 0.480 e. The number of aromatic nitrogens is 2. The molecule has 1 atom stereocenters. The third kappa shape index (κ3) is 4.45. The van der Waals surface area contributed by atoms with E-state index in [4.69, 9.17) is 5.11 Å². The van der Waals surface area contributed by atoms with Crippen LogP contribution in [0.1, 0.15) is 24.7 Å². The molecule has 0 spiro atoms. The zero-order chi connectivity index (χ0) is 18.6. The summed E-state index contributed by atoms with van der Waals surface area (Å²) < 4.78 is 1.80. The summed E-state index contributed by atoms with van der Waals surface area (Å²) in [6.07, 6.45) is 0.212. The Kier molecular flexibility index (Phi) is 5.93. The number of carboxylic acid groups (broad SMARTS) is 1. The summed E-state index contributed by atoms with van der Waals surface area (Å²) in [6, 6.07) is 9.08. The van der Waals surface area contributed by atoms with Gasteiger partial charge in [-0.3, -0.25) is 14.5 Å². The summed E-state index contributed by atoms with van der Waals surface area (Å²) in [7, 11) is 1.69. The van der Waals surface area contributed by atoms with E-state index in [2.05, 4.69) is 10.4 Å². The summed E-state index contributed by atoms with van der Waals surface area (Å²) in [4.78, 5) is 24.8. The smallest absolute Gasteiger partial charge is 0.320 e. The lowest BCUT2D eigenvalue weighted by Gasteiger charge is -2.20. The van der Waals surface area contributed by atoms with Crippen molar-refractivity contribution in [3.63, 3.8) is 0 Å². The number of aryl methyl sites for hydroxylation is 1. The maximum atomic E-state index is 12.2. The molecule has 1 aromatic heterocycles. The lowest BCUT2D eigenvalue weighted by atomic mass is 10.2. The molecule has 0 saturated carbocycles. The highest BCUT2D eigenvalue weighted by Gasteiger charge is 2.19. The predicted molar refractivity (Wildman–Crippen MR) is 96.0 cm³/mol. The normalized spacial score (nSPS) is 12.2. The number of rotatable bonds is 7. The van der Waals surface area contributed by atoms with Crippen LogP contribution in [0.5, 0.6) is 0 Å². The van der Waals surface area contributed by atoms with Crippen LogP contribution in [-0.4, -0.2) is 51.3 Å². The summed E-state index contributed by atoms with van der Waals surface area (Å²) in [5.74, 6) is -1.07. The quantitative estimate of drug-likeness (QED) is 0.804. The van der Waals surface area contributed by atoms with E-state index in [9.17, 15) is 9.59 Å². The van der Waals surface area contributed by atoms with Gasteiger partial charge in [0.05, 0.1) is 22.8 Å². The first kappa shape index (κ1) is 18.7. The number of benzene rings is 1. The van der Waals surface area contributed by atoms with E-state index < -0.39 is 12.0 Å². The molecule has 0 fully saturated rings. The second kappa shape index (κ2) is 7.94. The second-order valence-electron chi connectivity index (χ2n) is 6.09.